The van der Waals surface area contributed by atoms with E-state index >= 15 is 0 Å². The van der Waals surface area contributed by atoms with Gasteiger partial charge in [0.05, 0.1) is 11.8 Å². The van der Waals surface area contributed by atoms with E-state index in [4.69, 9.17) is 41.9 Å². The molecular weight excluding hydrogens is 311 g/mol. The molecule has 0 bridgehead atoms. The van der Waals surface area contributed by atoms with Crippen LogP contribution in [-0.4, -0.2) is 17.0 Å². The quantitative estimate of drug-likeness (QED) is 0.672. The van der Waals surface area contributed by atoms with Crippen LogP contribution in [0.5, 0.6) is 5.75 Å². The van der Waals surface area contributed by atoms with Crippen molar-refractivity contribution in [3.05, 3.63) is 41.2 Å². The van der Waals surface area contributed by atoms with Gasteiger partial charge < -0.3 is 18.7 Å². The third kappa shape index (κ3) is 2.97. The fraction of sp³-hybridized carbons (Fsp3) is 0.167. The highest BCUT2D eigenvalue weighted by molar-refractivity contribution is 6.17. The molecule has 0 atom stereocenters. The summed E-state index contributed by atoms with van der Waals surface area (Å²) >= 11 is 11.1. The van der Waals surface area contributed by atoms with E-state index in [1.165, 1.54) is 18.2 Å². The summed E-state index contributed by atoms with van der Waals surface area (Å²) < 4.78 is 14.9. The van der Waals surface area contributed by atoms with Crippen LogP contribution in [0.15, 0.2) is 27.0 Å². The molecule has 2 heterocycles. The van der Waals surface area contributed by atoms with Gasteiger partial charge in [0.1, 0.15) is 11.5 Å². The van der Waals surface area contributed by atoms with Crippen molar-refractivity contribution in [2.24, 2.45) is 0 Å². The van der Waals surface area contributed by atoms with Gasteiger partial charge in [0.2, 0.25) is 5.76 Å². The summed E-state index contributed by atoms with van der Waals surface area (Å²) in [5, 5.41) is 8.93. The standard InChI is InChI=1S/C12H8Cl2O6/c13-4-6-1-2-8(18-6)12(17)20-9-3-7(5-14)19-10(9)11(15)16/h1-3H,4-5H2,(H,15,16). The lowest BCUT2D eigenvalue weighted by Gasteiger charge is -1.99. The van der Waals surface area contributed by atoms with E-state index in [1.807, 2.05) is 0 Å². The Kier molecular flexibility index (Phi) is 4.36. The summed E-state index contributed by atoms with van der Waals surface area (Å²) in [7, 11) is 0. The Labute approximate surface area is 122 Å². The number of hydrogen-bond donors (Lipinski definition) is 1. The highest BCUT2D eigenvalue weighted by atomic mass is 35.5. The minimum atomic E-state index is -1.37. The second kappa shape index (κ2) is 6.02. The van der Waals surface area contributed by atoms with Gasteiger partial charge in [-0.1, -0.05) is 0 Å². The number of hydrogen-bond acceptors (Lipinski definition) is 5. The summed E-state index contributed by atoms with van der Waals surface area (Å²) in [5.74, 6) is -2.43. The first-order valence-electron chi connectivity index (χ1n) is 5.34. The number of furan rings is 2. The molecule has 6 nitrogen and oxygen atoms in total. The number of carbonyl (C=O) groups excluding carboxylic acids is 1. The zero-order valence-electron chi connectivity index (χ0n) is 9.89. The summed E-state index contributed by atoms with van der Waals surface area (Å²) in [4.78, 5) is 22.7. The van der Waals surface area contributed by atoms with Gasteiger partial charge in [-0.15, -0.1) is 23.2 Å². The van der Waals surface area contributed by atoms with Crippen molar-refractivity contribution in [3.63, 3.8) is 0 Å². The van der Waals surface area contributed by atoms with E-state index in [-0.39, 0.29) is 29.0 Å². The second-order valence-electron chi connectivity index (χ2n) is 3.63. The van der Waals surface area contributed by atoms with Gasteiger partial charge in [0.15, 0.2) is 5.75 Å². The molecule has 0 aliphatic carbocycles. The smallest absolute Gasteiger partial charge is 0.379 e. The Bertz CT molecular complexity index is 642. The monoisotopic (exact) mass is 318 g/mol. The van der Waals surface area contributed by atoms with E-state index < -0.39 is 17.7 Å². The first kappa shape index (κ1) is 14.5. The zero-order chi connectivity index (χ0) is 14.7. The number of rotatable bonds is 5. The molecule has 0 aliphatic heterocycles. The van der Waals surface area contributed by atoms with Crippen LogP contribution in [0.1, 0.15) is 32.6 Å². The van der Waals surface area contributed by atoms with E-state index in [0.29, 0.717) is 5.76 Å². The minimum absolute atomic E-state index is 0.0466. The fourth-order valence-corrected chi connectivity index (χ4v) is 1.70. The van der Waals surface area contributed by atoms with Crippen molar-refractivity contribution in [3.8, 4) is 5.75 Å². The van der Waals surface area contributed by atoms with Crippen molar-refractivity contribution < 1.29 is 28.3 Å². The maximum absolute atomic E-state index is 11.8. The normalized spacial score (nSPS) is 10.5. The van der Waals surface area contributed by atoms with Crippen LogP contribution in [0.4, 0.5) is 0 Å². The number of halogens is 2. The highest BCUT2D eigenvalue weighted by Crippen LogP contribution is 2.26. The largest absolute Gasteiger partial charge is 0.475 e. The highest BCUT2D eigenvalue weighted by Gasteiger charge is 2.23. The van der Waals surface area contributed by atoms with Crippen LogP contribution >= 0.6 is 23.2 Å². The molecule has 2 rings (SSSR count). The molecule has 0 spiro atoms. The first-order valence-corrected chi connectivity index (χ1v) is 6.41. The summed E-state index contributed by atoms with van der Waals surface area (Å²) in [6.07, 6.45) is 0. The zero-order valence-corrected chi connectivity index (χ0v) is 11.4. The molecule has 0 fully saturated rings. The van der Waals surface area contributed by atoms with Crippen LogP contribution in [-0.2, 0) is 11.8 Å². The molecule has 0 unspecified atom stereocenters. The molecule has 0 saturated carbocycles. The molecule has 2 aromatic rings. The average molecular weight is 319 g/mol. The summed E-state index contributed by atoms with van der Waals surface area (Å²) in [6.45, 7) is 0. The van der Waals surface area contributed by atoms with Crippen molar-refractivity contribution in [2.45, 2.75) is 11.8 Å². The molecule has 20 heavy (non-hydrogen) atoms. The van der Waals surface area contributed by atoms with Gasteiger partial charge in [-0.2, -0.15) is 0 Å². The lowest BCUT2D eigenvalue weighted by molar-refractivity contribution is 0.0638. The number of ether oxygens (including phenoxy) is 1. The predicted octanol–water partition coefficient (Wildman–Crippen LogP) is 3.27. The number of esters is 1. The van der Waals surface area contributed by atoms with E-state index in [2.05, 4.69) is 0 Å². The van der Waals surface area contributed by atoms with Gasteiger partial charge in [0.25, 0.3) is 5.76 Å². The Morgan fingerprint density at radius 1 is 1.15 bits per heavy atom. The molecule has 0 radical (unpaired) electrons. The topological polar surface area (TPSA) is 89.9 Å². The van der Waals surface area contributed by atoms with Gasteiger partial charge in [-0.3, -0.25) is 0 Å². The molecule has 0 amide bonds. The van der Waals surface area contributed by atoms with Gasteiger partial charge >= 0.3 is 11.9 Å². The molecule has 8 heteroatoms. The lowest BCUT2D eigenvalue weighted by atomic mass is 10.4. The van der Waals surface area contributed by atoms with Crippen LogP contribution in [0.2, 0.25) is 0 Å². The number of carboxylic acids is 1. The van der Waals surface area contributed by atoms with Crippen molar-refractivity contribution in [1.29, 1.82) is 0 Å². The van der Waals surface area contributed by atoms with Crippen LogP contribution in [0.3, 0.4) is 0 Å². The molecule has 0 saturated heterocycles. The second-order valence-corrected chi connectivity index (χ2v) is 4.17. The van der Waals surface area contributed by atoms with E-state index in [1.54, 1.807) is 0 Å². The average Bonchev–Trinajstić information content (AvgIpc) is 3.04. The number of carbonyl (C=O) groups is 2. The Hall–Kier alpha value is -1.92. The molecule has 2 aromatic heterocycles. The Morgan fingerprint density at radius 3 is 2.40 bits per heavy atom. The van der Waals surface area contributed by atoms with E-state index in [9.17, 15) is 9.59 Å². The van der Waals surface area contributed by atoms with Crippen LogP contribution < -0.4 is 4.74 Å². The minimum Gasteiger partial charge on any atom is -0.475 e. The maximum atomic E-state index is 11.8. The Morgan fingerprint density at radius 2 is 1.85 bits per heavy atom. The molecule has 0 aromatic carbocycles. The van der Waals surface area contributed by atoms with Gasteiger partial charge in [-0.05, 0) is 12.1 Å². The number of aromatic carboxylic acids is 1. The van der Waals surface area contributed by atoms with E-state index in [0.717, 1.165) is 0 Å². The summed E-state index contributed by atoms with van der Waals surface area (Å²) in [5.41, 5.74) is 0. The molecular formula is C12H8Cl2O6. The van der Waals surface area contributed by atoms with Gasteiger partial charge in [0, 0.05) is 6.07 Å². The van der Waals surface area contributed by atoms with Crippen molar-refractivity contribution >= 4 is 35.1 Å². The third-order valence-corrected chi connectivity index (χ3v) is 2.80. The summed E-state index contributed by atoms with van der Waals surface area (Å²) in [6, 6.07) is 4.13. The maximum Gasteiger partial charge on any atom is 0.379 e. The first-order chi connectivity index (χ1) is 9.55. The third-order valence-electron chi connectivity index (χ3n) is 2.27. The number of alkyl halides is 2. The number of carboxylic acid groups (broad SMARTS) is 1. The lowest BCUT2D eigenvalue weighted by Crippen LogP contribution is -2.09. The molecule has 0 aliphatic rings. The molecule has 106 valence electrons. The molecule has 1 N–H and O–H groups in total. The van der Waals surface area contributed by atoms with Crippen molar-refractivity contribution in [1.82, 2.24) is 0 Å². The van der Waals surface area contributed by atoms with Crippen LogP contribution in [0, 0.1) is 0 Å². The fourth-order valence-electron chi connectivity index (χ4n) is 1.42. The predicted molar refractivity (Wildman–Crippen MR) is 68.4 cm³/mol. The Balaban J connectivity index is 2.22. The van der Waals surface area contributed by atoms with Crippen LogP contribution in [0.25, 0.3) is 0 Å². The van der Waals surface area contributed by atoms with Gasteiger partial charge in [-0.25, -0.2) is 9.59 Å². The van der Waals surface area contributed by atoms with Crippen molar-refractivity contribution in [2.75, 3.05) is 0 Å². The SMILES string of the molecule is O=C(Oc1cc(CCl)oc1C(=O)O)c1ccc(CCl)o1.